The molecular formula is C5H12N2OS. The number of nitrogens with two attached hydrogens (primary N) is 1. The summed E-state index contributed by atoms with van der Waals surface area (Å²) in [7, 11) is 0. The molecule has 0 unspecified atom stereocenters. The number of hydrogen-bond donors (Lipinski definition) is 2. The fourth-order valence-electron chi connectivity index (χ4n) is 0.449. The molecule has 0 aliphatic rings. The van der Waals surface area contributed by atoms with Gasteiger partial charge in [0.15, 0.2) is 0 Å². The summed E-state index contributed by atoms with van der Waals surface area (Å²) in [6.45, 7) is 0. The van der Waals surface area contributed by atoms with Crippen LogP contribution < -0.4 is 11.3 Å². The maximum atomic E-state index is 10.4. The van der Waals surface area contributed by atoms with Crippen LogP contribution in [0, 0.1) is 0 Å². The van der Waals surface area contributed by atoms with Gasteiger partial charge >= 0.3 is 0 Å². The van der Waals surface area contributed by atoms with Gasteiger partial charge in [0.25, 0.3) is 0 Å². The highest BCUT2D eigenvalue weighted by atomic mass is 32.2. The lowest BCUT2D eigenvalue weighted by molar-refractivity contribution is -0.121. The van der Waals surface area contributed by atoms with Gasteiger partial charge in [-0.25, -0.2) is 5.84 Å². The van der Waals surface area contributed by atoms with Gasteiger partial charge in [0.1, 0.15) is 0 Å². The van der Waals surface area contributed by atoms with Crippen LogP contribution >= 0.6 is 11.8 Å². The molecule has 54 valence electrons. The lowest BCUT2D eigenvalue weighted by Crippen LogP contribution is -2.29. The van der Waals surface area contributed by atoms with Crippen molar-refractivity contribution >= 4 is 17.7 Å². The average Bonchev–Trinajstić information content (AvgIpc) is 1.89. The van der Waals surface area contributed by atoms with Gasteiger partial charge in [-0.1, -0.05) is 0 Å². The Bertz CT molecular complexity index is 87.0. The molecule has 3 nitrogen and oxygen atoms in total. The fraction of sp³-hybridized carbons (Fsp3) is 0.800. The van der Waals surface area contributed by atoms with Crippen molar-refractivity contribution in [1.29, 1.82) is 0 Å². The highest BCUT2D eigenvalue weighted by Gasteiger charge is 1.94. The normalized spacial score (nSPS) is 9.11. The van der Waals surface area contributed by atoms with Crippen molar-refractivity contribution in [3.05, 3.63) is 0 Å². The number of carbonyl (C=O) groups is 1. The van der Waals surface area contributed by atoms with Crippen LogP contribution in [-0.4, -0.2) is 17.9 Å². The zero-order valence-electron chi connectivity index (χ0n) is 5.52. The SMILES string of the molecule is CSCCCC(=O)NN. The Morgan fingerprint density at radius 3 is 2.89 bits per heavy atom. The molecule has 0 radical (unpaired) electrons. The van der Waals surface area contributed by atoms with Crippen LogP contribution in [-0.2, 0) is 4.79 Å². The van der Waals surface area contributed by atoms with Crippen molar-refractivity contribution in [3.8, 4) is 0 Å². The van der Waals surface area contributed by atoms with Gasteiger partial charge in [-0.3, -0.25) is 10.2 Å². The Morgan fingerprint density at radius 2 is 2.44 bits per heavy atom. The van der Waals surface area contributed by atoms with Gasteiger partial charge in [-0.05, 0) is 18.4 Å². The molecule has 0 aliphatic carbocycles. The van der Waals surface area contributed by atoms with Gasteiger partial charge < -0.3 is 0 Å². The first kappa shape index (κ1) is 8.78. The third-order valence-electron chi connectivity index (χ3n) is 0.913. The summed E-state index contributed by atoms with van der Waals surface area (Å²) < 4.78 is 0. The summed E-state index contributed by atoms with van der Waals surface area (Å²) in [5, 5.41) is 0. The van der Waals surface area contributed by atoms with Crippen molar-refractivity contribution < 1.29 is 4.79 Å². The van der Waals surface area contributed by atoms with E-state index in [1.165, 1.54) is 0 Å². The van der Waals surface area contributed by atoms with E-state index in [4.69, 9.17) is 5.84 Å². The van der Waals surface area contributed by atoms with Gasteiger partial charge in [-0.15, -0.1) is 0 Å². The zero-order chi connectivity index (χ0) is 7.11. The molecule has 0 aromatic carbocycles. The minimum Gasteiger partial charge on any atom is -0.294 e. The molecule has 0 rings (SSSR count). The lowest BCUT2D eigenvalue weighted by Gasteiger charge is -1.95. The molecule has 4 heteroatoms. The molecule has 0 aromatic rings. The Morgan fingerprint density at radius 1 is 1.78 bits per heavy atom. The molecule has 0 aromatic heterocycles. The number of rotatable bonds is 4. The van der Waals surface area contributed by atoms with E-state index in [-0.39, 0.29) is 5.91 Å². The van der Waals surface area contributed by atoms with Crippen LogP contribution in [0.5, 0.6) is 0 Å². The molecule has 9 heavy (non-hydrogen) atoms. The zero-order valence-corrected chi connectivity index (χ0v) is 6.33. The molecule has 0 heterocycles. The predicted octanol–water partition coefficient (Wildman–Crippen LogP) is 0.120. The Hall–Kier alpha value is -0.220. The van der Waals surface area contributed by atoms with Crippen LogP contribution in [0.2, 0.25) is 0 Å². The molecule has 0 spiro atoms. The van der Waals surface area contributed by atoms with Gasteiger partial charge in [0.05, 0.1) is 0 Å². The third kappa shape index (κ3) is 5.65. The number of hydrogen-bond acceptors (Lipinski definition) is 3. The highest BCUT2D eigenvalue weighted by Crippen LogP contribution is 1.97. The lowest BCUT2D eigenvalue weighted by atomic mass is 10.3. The second-order valence-electron chi connectivity index (χ2n) is 1.66. The molecule has 0 fully saturated rings. The quantitative estimate of drug-likeness (QED) is 0.258. The number of nitrogens with one attached hydrogen (secondary N) is 1. The van der Waals surface area contributed by atoms with E-state index in [2.05, 4.69) is 5.43 Å². The fourth-order valence-corrected chi connectivity index (χ4v) is 0.882. The van der Waals surface area contributed by atoms with Crippen molar-refractivity contribution in [1.82, 2.24) is 5.43 Å². The maximum Gasteiger partial charge on any atom is 0.233 e. The Kier molecular flexibility index (Phi) is 5.76. The number of amides is 1. The predicted molar refractivity (Wildman–Crippen MR) is 39.9 cm³/mol. The molecule has 0 saturated carbocycles. The summed E-state index contributed by atoms with van der Waals surface area (Å²) >= 11 is 1.73. The average molecular weight is 148 g/mol. The van der Waals surface area contributed by atoms with Crippen molar-refractivity contribution in [3.63, 3.8) is 0 Å². The molecule has 0 bridgehead atoms. The van der Waals surface area contributed by atoms with E-state index in [1.807, 2.05) is 6.26 Å². The number of carbonyl (C=O) groups excluding carboxylic acids is 1. The largest absolute Gasteiger partial charge is 0.294 e. The third-order valence-corrected chi connectivity index (χ3v) is 1.61. The summed E-state index contributed by atoms with van der Waals surface area (Å²) in [6.07, 6.45) is 3.46. The van der Waals surface area contributed by atoms with E-state index < -0.39 is 0 Å². The molecular weight excluding hydrogens is 136 g/mol. The highest BCUT2D eigenvalue weighted by molar-refractivity contribution is 7.98. The summed E-state index contributed by atoms with van der Waals surface area (Å²) in [6, 6.07) is 0. The minimum atomic E-state index is -0.0796. The van der Waals surface area contributed by atoms with E-state index in [1.54, 1.807) is 11.8 Å². The van der Waals surface area contributed by atoms with Crippen LogP contribution in [0.25, 0.3) is 0 Å². The maximum absolute atomic E-state index is 10.4. The van der Waals surface area contributed by atoms with Crippen LogP contribution in [0.1, 0.15) is 12.8 Å². The molecule has 0 atom stereocenters. The first-order valence-corrected chi connectivity index (χ1v) is 4.19. The first-order chi connectivity index (χ1) is 4.31. The second-order valence-corrected chi connectivity index (χ2v) is 2.65. The van der Waals surface area contributed by atoms with E-state index in [0.29, 0.717) is 6.42 Å². The van der Waals surface area contributed by atoms with E-state index in [0.717, 1.165) is 12.2 Å². The van der Waals surface area contributed by atoms with Crippen LogP contribution in [0.4, 0.5) is 0 Å². The number of thioether (sulfide) groups is 1. The van der Waals surface area contributed by atoms with Gasteiger partial charge in [0, 0.05) is 6.42 Å². The summed E-state index contributed by atoms with van der Waals surface area (Å²) in [4.78, 5) is 10.4. The van der Waals surface area contributed by atoms with Crippen molar-refractivity contribution in [2.75, 3.05) is 12.0 Å². The molecule has 3 N–H and O–H groups in total. The smallest absolute Gasteiger partial charge is 0.233 e. The Labute approximate surface area is 59.3 Å². The van der Waals surface area contributed by atoms with Crippen LogP contribution in [0.15, 0.2) is 0 Å². The first-order valence-electron chi connectivity index (χ1n) is 2.79. The van der Waals surface area contributed by atoms with Crippen molar-refractivity contribution in [2.45, 2.75) is 12.8 Å². The topological polar surface area (TPSA) is 55.1 Å². The van der Waals surface area contributed by atoms with E-state index >= 15 is 0 Å². The molecule has 0 aliphatic heterocycles. The monoisotopic (exact) mass is 148 g/mol. The van der Waals surface area contributed by atoms with Crippen molar-refractivity contribution in [2.24, 2.45) is 5.84 Å². The second kappa shape index (κ2) is 5.91. The number of hydrazine groups is 1. The van der Waals surface area contributed by atoms with Crippen LogP contribution in [0.3, 0.4) is 0 Å². The molecule has 1 amide bonds. The summed E-state index contributed by atoms with van der Waals surface area (Å²) in [5.74, 6) is 5.79. The Balaban J connectivity index is 2.97. The van der Waals surface area contributed by atoms with Gasteiger partial charge in [-0.2, -0.15) is 11.8 Å². The van der Waals surface area contributed by atoms with Gasteiger partial charge in [0.2, 0.25) is 5.91 Å². The summed E-state index contributed by atoms with van der Waals surface area (Å²) in [5.41, 5.74) is 2.08. The van der Waals surface area contributed by atoms with E-state index in [9.17, 15) is 4.79 Å². The molecule has 0 saturated heterocycles. The standard InChI is InChI=1S/C5H12N2OS/c1-9-4-2-3-5(8)7-6/h2-4,6H2,1H3,(H,7,8). The minimum absolute atomic E-state index is 0.0796.